The molecule has 0 aliphatic rings. The third-order valence-electron chi connectivity index (χ3n) is 1.39. The molecular formula is C10H14F3NO. The Morgan fingerprint density at radius 3 is 2.20 bits per heavy atom. The molecule has 0 saturated carbocycles. The third-order valence-corrected chi connectivity index (χ3v) is 1.39. The summed E-state index contributed by atoms with van der Waals surface area (Å²) < 4.78 is 39.0. The van der Waals surface area contributed by atoms with Gasteiger partial charge in [0.1, 0.15) is 0 Å². The van der Waals surface area contributed by atoms with Gasteiger partial charge in [-0.05, 0) is 24.6 Å². The highest BCUT2D eigenvalue weighted by Crippen LogP contribution is 2.28. The molecule has 0 fully saturated rings. The highest BCUT2D eigenvalue weighted by molar-refractivity contribution is 5.53. The first kappa shape index (κ1) is 13.6. The summed E-state index contributed by atoms with van der Waals surface area (Å²) in [7, 11) is 0. The zero-order valence-electron chi connectivity index (χ0n) is 8.85. The fourth-order valence-corrected chi connectivity index (χ4v) is 0.855. The predicted molar refractivity (Wildman–Crippen MR) is 53.6 cm³/mol. The van der Waals surface area contributed by atoms with Crippen LogP contribution >= 0.6 is 0 Å². The number of hydrogen-bond donors (Lipinski definition) is 1. The minimum absolute atomic E-state index is 0.0251. The summed E-state index contributed by atoms with van der Waals surface area (Å²) in [4.78, 5) is 0. The lowest BCUT2D eigenvalue weighted by Gasteiger charge is -2.11. The normalized spacial score (nSPS) is 10.3. The minimum atomic E-state index is -4.69. The van der Waals surface area contributed by atoms with Gasteiger partial charge in [0.05, 0.1) is 5.69 Å². The molecule has 2 nitrogen and oxygen atoms in total. The van der Waals surface area contributed by atoms with Crippen molar-refractivity contribution in [3.8, 4) is 5.75 Å². The van der Waals surface area contributed by atoms with E-state index in [9.17, 15) is 13.2 Å². The lowest BCUT2D eigenvalue weighted by molar-refractivity contribution is -0.274. The molecular weight excluding hydrogens is 207 g/mol. The van der Waals surface area contributed by atoms with Crippen LogP contribution in [0.25, 0.3) is 0 Å². The van der Waals surface area contributed by atoms with Crippen LogP contribution < -0.4 is 10.5 Å². The van der Waals surface area contributed by atoms with Crippen LogP contribution in [0.1, 0.15) is 19.4 Å². The smallest absolute Gasteiger partial charge is 0.404 e. The van der Waals surface area contributed by atoms with Crippen molar-refractivity contribution in [3.63, 3.8) is 0 Å². The van der Waals surface area contributed by atoms with E-state index in [0.717, 1.165) is 0 Å². The molecule has 0 aliphatic carbocycles. The number of aryl methyl sites for hydroxylation is 1. The van der Waals surface area contributed by atoms with E-state index >= 15 is 0 Å². The average Bonchev–Trinajstić information content (AvgIpc) is 2.12. The standard InChI is InChI=1S/C8H8F3NO.C2H6/c1-5-2-3-6(12)7(4-5)13-8(9,10)11;1-2/h2-4H,12H2,1H3;1-2H3. The molecule has 0 aliphatic heterocycles. The Kier molecular flexibility index (Phi) is 4.97. The SMILES string of the molecule is CC.Cc1ccc(N)c(OC(F)(F)F)c1. The van der Waals surface area contributed by atoms with E-state index < -0.39 is 6.36 Å². The Bertz CT molecular complexity index is 310. The molecule has 0 saturated heterocycles. The van der Waals surface area contributed by atoms with Crippen molar-refractivity contribution in [2.24, 2.45) is 0 Å². The molecule has 0 heterocycles. The molecule has 0 radical (unpaired) electrons. The molecule has 0 atom stereocenters. The Labute approximate surface area is 86.8 Å². The van der Waals surface area contributed by atoms with Gasteiger partial charge in [0, 0.05) is 0 Å². The Balaban J connectivity index is 0.000000921. The van der Waals surface area contributed by atoms with Gasteiger partial charge in [-0.1, -0.05) is 19.9 Å². The summed E-state index contributed by atoms with van der Waals surface area (Å²) >= 11 is 0. The second-order valence-corrected chi connectivity index (χ2v) is 2.59. The summed E-state index contributed by atoms with van der Waals surface area (Å²) in [6.07, 6.45) is -4.69. The average molecular weight is 221 g/mol. The second-order valence-electron chi connectivity index (χ2n) is 2.59. The molecule has 0 aromatic heterocycles. The topological polar surface area (TPSA) is 35.2 Å². The van der Waals surface area contributed by atoms with Crippen molar-refractivity contribution in [2.75, 3.05) is 5.73 Å². The van der Waals surface area contributed by atoms with E-state index in [1.807, 2.05) is 13.8 Å². The van der Waals surface area contributed by atoms with Gasteiger partial charge in [-0.3, -0.25) is 0 Å². The van der Waals surface area contributed by atoms with Crippen LogP contribution in [-0.4, -0.2) is 6.36 Å². The summed E-state index contributed by atoms with van der Waals surface area (Å²) in [5, 5.41) is 0. The maximum absolute atomic E-state index is 11.8. The van der Waals surface area contributed by atoms with Crippen molar-refractivity contribution in [2.45, 2.75) is 27.1 Å². The van der Waals surface area contributed by atoms with E-state index in [1.54, 1.807) is 13.0 Å². The van der Waals surface area contributed by atoms with E-state index in [-0.39, 0.29) is 11.4 Å². The van der Waals surface area contributed by atoms with Crippen LogP contribution in [0.4, 0.5) is 18.9 Å². The van der Waals surface area contributed by atoms with E-state index in [4.69, 9.17) is 5.73 Å². The molecule has 0 bridgehead atoms. The number of rotatable bonds is 1. The van der Waals surface area contributed by atoms with E-state index in [2.05, 4.69) is 4.74 Å². The summed E-state index contributed by atoms with van der Waals surface area (Å²) in [6.45, 7) is 5.66. The van der Waals surface area contributed by atoms with Crippen molar-refractivity contribution in [1.29, 1.82) is 0 Å². The molecule has 0 spiro atoms. The van der Waals surface area contributed by atoms with Gasteiger partial charge in [-0.15, -0.1) is 13.2 Å². The van der Waals surface area contributed by atoms with Crippen LogP contribution in [0, 0.1) is 6.92 Å². The molecule has 5 heteroatoms. The molecule has 0 amide bonds. The number of hydrogen-bond acceptors (Lipinski definition) is 2. The largest absolute Gasteiger partial charge is 0.573 e. The van der Waals surface area contributed by atoms with Crippen LogP contribution in [0.3, 0.4) is 0 Å². The first-order valence-electron chi connectivity index (χ1n) is 4.50. The fourth-order valence-electron chi connectivity index (χ4n) is 0.855. The maximum atomic E-state index is 11.8. The monoisotopic (exact) mass is 221 g/mol. The highest BCUT2D eigenvalue weighted by Gasteiger charge is 2.31. The number of halogens is 3. The third kappa shape index (κ3) is 5.15. The van der Waals surface area contributed by atoms with Crippen molar-refractivity contribution in [3.05, 3.63) is 23.8 Å². The maximum Gasteiger partial charge on any atom is 0.573 e. The van der Waals surface area contributed by atoms with Crippen LogP contribution in [0.15, 0.2) is 18.2 Å². The van der Waals surface area contributed by atoms with Gasteiger partial charge < -0.3 is 10.5 Å². The molecule has 2 N–H and O–H groups in total. The summed E-state index contributed by atoms with van der Waals surface area (Å²) in [5.41, 5.74) is 5.91. The molecule has 15 heavy (non-hydrogen) atoms. The van der Waals surface area contributed by atoms with Gasteiger partial charge in [0.15, 0.2) is 5.75 Å². The Hall–Kier alpha value is -1.39. The predicted octanol–water partition coefficient (Wildman–Crippen LogP) is 3.50. The van der Waals surface area contributed by atoms with Gasteiger partial charge in [-0.2, -0.15) is 0 Å². The second kappa shape index (κ2) is 5.48. The van der Waals surface area contributed by atoms with Crippen LogP contribution in [0.2, 0.25) is 0 Å². The van der Waals surface area contributed by atoms with Gasteiger partial charge in [-0.25, -0.2) is 0 Å². The van der Waals surface area contributed by atoms with E-state index in [0.29, 0.717) is 5.56 Å². The number of anilines is 1. The fraction of sp³-hybridized carbons (Fsp3) is 0.400. The first-order valence-corrected chi connectivity index (χ1v) is 4.50. The van der Waals surface area contributed by atoms with Crippen molar-refractivity contribution in [1.82, 2.24) is 0 Å². The lowest BCUT2D eigenvalue weighted by atomic mass is 10.2. The zero-order valence-corrected chi connectivity index (χ0v) is 8.85. The van der Waals surface area contributed by atoms with Crippen LogP contribution in [-0.2, 0) is 0 Å². The number of alkyl halides is 3. The van der Waals surface area contributed by atoms with Crippen molar-refractivity contribution >= 4 is 5.69 Å². The number of ether oxygens (including phenoxy) is 1. The summed E-state index contributed by atoms with van der Waals surface area (Å²) in [5.74, 6) is -0.354. The number of benzene rings is 1. The molecule has 1 rings (SSSR count). The van der Waals surface area contributed by atoms with Crippen LogP contribution in [0.5, 0.6) is 5.75 Å². The van der Waals surface area contributed by atoms with Gasteiger partial charge in [0.2, 0.25) is 0 Å². The number of nitrogens with two attached hydrogens (primary N) is 1. The highest BCUT2D eigenvalue weighted by atomic mass is 19.4. The number of nitrogen functional groups attached to an aromatic ring is 1. The van der Waals surface area contributed by atoms with E-state index in [1.165, 1.54) is 12.1 Å². The van der Waals surface area contributed by atoms with Crippen molar-refractivity contribution < 1.29 is 17.9 Å². The summed E-state index contributed by atoms with van der Waals surface area (Å²) in [6, 6.07) is 4.22. The molecule has 86 valence electrons. The zero-order chi connectivity index (χ0) is 12.1. The quantitative estimate of drug-likeness (QED) is 0.736. The first-order chi connectivity index (χ1) is 6.88. The Morgan fingerprint density at radius 1 is 1.20 bits per heavy atom. The van der Waals surface area contributed by atoms with Gasteiger partial charge in [0.25, 0.3) is 0 Å². The lowest BCUT2D eigenvalue weighted by Crippen LogP contribution is -2.18. The van der Waals surface area contributed by atoms with Gasteiger partial charge >= 0.3 is 6.36 Å². The minimum Gasteiger partial charge on any atom is -0.404 e. The Morgan fingerprint density at radius 2 is 1.73 bits per heavy atom. The molecule has 1 aromatic rings. The molecule has 1 aromatic carbocycles. The molecule has 0 unspecified atom stereocenters.